The third kappa shape index (κ3) is 3.40. The molecule has 0 saturated heterocycles. The number of nitrogens with one attached hydrogen (secondary N) is 1. The van der Waals surface area contributed by atoms with Gasteiger partial charge in [-0.1, -0.05) is 0 Å². The molecule has 0 atom stereocenters. The summed E-state index contributed by atoms with van der Waals surface area (Å²) in [5.74, 6) is 0.402. The second kappa shape index (κ2) is 6.23. The van der Waals surface area contributed by atoms with Crippen molar-refractivity contribution in [2.24, 2.45) is 0 Å². The Balaban J connectivity index is 1.54. The van der Waals surface area contributed by atoms with Crippen molar-refractivity contribution in [3.63, 3.8) is 0 Å². The Morgan fingerprint density at radius 3 is 2.77 bits per heavy atom. The van der Waals surface area contributed by atoms with E-state index in [1.807, 2.05) is 39.7 Å². The van der Waals surface area contributed by atoms with Crippen LogP contribution in [0.15, 0.2) is 35.1 Å². The highest BCUT2D eigenvalue weighted by atomic mass is 79.9. The van der Waals surface area contributed by atoms with Crippen LogP contribution in [-0.4, -0.2) is 25.1 Å². The van der Waals surface area contributed by atoms with Crippen molar-refractivity contribution in [2.45, 2.75) is 51.6 Å². The van der Waals surface area contributed by atoms with Crippen molar-refractivity contribution in [3.05, 3.63) is 52.1 Å². The maximum absolute atomic E-state index is 12.8. The highest BCUT2D eigenvalue weighted by Crippen LogP contribution is 2.40. The highest BCUT2D eigenvalue weighted by Gasteiger charge is 2.31. The standard InChI is InChI=1S/C19H22BrN5O/c1-19(2,3)25-16(8-15(23-25)12-4-5-12)18(26)21-9-14-11-24-10-13(20)6-7-17(24)22-14/h6-8,10-12H,4-5,9H2,1-3H3,(H,21,26). The SMILES string of the molecule is CC(C)(C)n1nc(C2CC2)cc1C(=O)NCc1cn2cc(Br)ccc2n1. The molecule has 3 aromatic heterocycles. The topological polar surface area (TPSA) is 64.2 Å². The van der Waals surface area contributed by atoms with Crippen molar-refractivity contribution in [2.75, 3.05) is 0 Å². The molecule has 26 heavy (non-hydrogen) atoms. The maximum Gasteiger partial charge on any atom is 0.269 e. The summed E-state index contributed by atoms with van der Waals surface area (Å²) in [5.41, 5.74) is 3.08. The molecule has 1 aliphatic carbocycles. The molecule has 7 heteroatoms. The molecule has 0 aliphatic heterocycles. The molecule has 0 unspecified atom stereocenters. The van der Waals surface area contributed by atoms with Gasteiger partial charge in [0.25, 0.3) is 5.91 Å². The number of amides is 1. The zero-order chi connectivity index (χ0) is 18.5. The van der Waals surface area contributed by atoms with Gasteiger partial charge < -0.3 is 9.72 Å². The Morgan fingerprint density at radius 2 is 2.08 bits per heavy atom. The molecular weight excluding hydrogens is 394 g/mol. The summed E-state index contributed by atoms with van der Waals surface area (Å²) < 4.78 is 4.77. The second-order valence-corrected chi connectivity index (χ2v) is 8.75. The van der Waals surface area contributed by atoms with E-state index in [1.165, 1.54) is 12.8 Å². The number of imidazole rings is 1. The van der Waals surface area contributed by atoms with E-state index in [4.69, 9.17) is 5.10 Å². The zero-order valence-electron chi connectivity index (χ0n) is 15.2. The minimum atomic E-state index is -0.241. The predicted molar refractivity (Wildman–Crippen MR) is 103 cm³/mol. The van der Waals surface area contributed by atoms with Gasteiger partial charge in [-0.15, -0.1) is 0 Å². The van der Waals surface area contributed by atoms with E-state index in [-0.39, 0.29) is 11.4 Å². The molecule has 4 rings (SSSR count). The van der Waals surface area contributed by atoms with Gasteiger partial charge in [0.1, 0.15) is 11.3 Å². The fraction of sp³-hybridized carbons (Fsp3) is 0.421. The van der Waals surface area contributed by atoms with Crippen LogP contribution in [0.25, 0.3) is 5.65 Å². The molecule has 1 N–H and O–H groups in total. The predicted octanol–water partition coefficient (Wildman–Crippen LogP) is 3.86. The molecule has 3 aromatic rings. The molecule has 0 bridgehead atoms. The first-order chi connectivity index (χ1) is 12.3. The lowest BCUT2D eigenvalue weighted by molar-refractivity contribution is 0.0932. The molecule has 1 saturated carbocycles. The molecule has 1 amide bonds. The monoisotopic (exact) mass is 415 g/mol. The average molecular weight is 416 g/mol. The third-order valence-electron chi connectivity index (χ3n) is 4.49. The fourth-order valence-electron chi connectivity index (χ4n) is 3.01. The number of carbonyl (C=O) groups is 1. The van der Waals surface area contributed by atoms with E-state index in [2.05, 4.69) is 47.0 Å². The number of pyridine rings is 1. The number of halogens is 1. The smallest absolute Gasteiger partial charge is 0.269 e. The number of aromatic nitrogens is 4. The first-order valence-electron chi connectivity index (χ1n) is 8.83. The van der Waals surface area contributed by atoms with Gasteiger partial charge in [-0.05, 0) is 67.7 Å². The second-order valence-electron chi connectivity index (χ2n) is 7.84. The quantitative estimate of drug-likeness (QED) is 0.703. The lowest BCUT2D eigenvalue weighted by Crippen LogP contribution is -2.32. The van der Waals surface area contributed by atoms with Gasteiger partial charge in [0.2, 0.25) is 0 Å². The van der Waals surface area contributed by atoms with Crippen molar-refractivity contribution >= 4 is 27.5 Å². The fourth-order valence-corrected chi connectivity index (χ4v) is 3.37. The van der Waals surface area contributed by atoms with Crippen molar-refractivity contribution in [3.8, 4) is 0 Å². The van der Waals surface area contributed by atoms with Crippen LogP contribution in [0.5, 0.6) is 0 Å². The van der Waals surface area contributed by atoms with Crippen molar-refractivity contribution in [1.29, 1.82) is 0 Å². The highest BCUT2D eigenvalue weighted by molar-refractivity contribution is 9.10. The van der Waals surface area contributed by atoms with Gasteiger partial charge in [0.05, 0.1) is 23.5 Å². The van der Waals surface area contributed by atoms with E-state index >= 15 is 0 Å². The maximum atomic E-state index is 12.8. The molecule has 0 aromatic carbocycles. The van der Waals surface area contributed by atoms with Gasteiger partial charge >= 0.3 is 0 Å². The van der Waals surface area contributed by atoms with Crippen LogP contribution in [0.3, 0.4) is 0 Å². The Hall–Kier alpha value is -2.15. The summed E-state index contributed by atoms with van der Waals surface area (Å²) >= 11 is 3.45. The summed E-state index contributed by atoms with van der Waals surface area (Å²) in [4.78, 5) is 17.3. The van der Waals surface area contributed by atoms with Crippen LogP contribution in [0.1, 0.15) is 61.4 Å². The van der Waals surface area contributed by atoms with E-state index in [9.17, 15) is 4.79 Å². The third-order valence-corrected chi connectivity index (χ3v) is 4.96. The van der Waals surface area contributed by atoms with E-state index in [0.29, 0.717) is 18.2 Å². The first-order valence-corrected chi connectivity index (χ1v) is 9.62. The van der Waals surface area contributed by atoms with Crippen LogP contribution >= 0.6 is 15.9 Å². The van der Waals surface area contributed by atoms with Gasteiger partial charge in [0.15, 0.2) is 0 Å². The van der Waals surface area contributed by atoms with E-state index in [0.717, 1.165) is 21.5 Å². The first kappa shape index (κ1) is 17.3. The summed E-state index contributed by atoms with van der Waals surface area (Å²) in [7, 11) is 0. The minimum Gasteiger partial charge on any atom is -0.345 e. The van der Waals surface area contributed by atoms with Crippen LogP contribution < -0.4 is 5.32 Å². The van der Waals surface area contributed by atoms with Crippen molar-refractivity contribution in [1.82, 2.24) is 24.5 Å². The molecule has 6 nitrogen and oxygen atoms in total. The van der Waals surface area contributed by atoms with Gasteiger partial charge in [-0.2, -0.15) is 5.10 Å². The molecule has 3 heterocycles. The van der Waals surface area contributed by atoms with Crippen LogP contribution in [0.2, 0.25) is 0 Å². The molecular formula is C19H22BrN5O. The molecule has 0 spiro atoms. The minimum absolute atomic E-state index is 0.113. The van der Waals surface area contributed by atoms with Gasteiger partial charge in [-0.25, -0.2) is 4.98 Å². The summed E-state index contributed by atoms with van der Waals surface area (Å²) in [6, 6.07) is 5.83. The van der Waals surface area contributed by atoms with Crippen molar-refractivity contribution < 1.29 is 4.79 Å². The Bertz CT molecular complexity index is 978. The van der Waals surface area contributed by atoms with E-state index < -0.39 is 0 Å². The summed E-state index contributed by atoms with van der Waals surface area (Å²) in [5, 5.41) is 7.68. The van der Waals surface area contributed by atoms with Gasteiger partial charge in [-0.3, -0.25) is 9.48 Å². The van der Waals surface area contributed by atoms with Gasteiger partial charge in [0, 0.05) is 22.8 Å². The largest absolute Gasteiger partial charge is 0.345 e. The Kier molecular flexibility index (Phi) is 4.14. The number of fused-ring (bicyclic) bond motifs is 1. The number of rotatable bonds is 4. The molecule has 0 radical (unpaired) electrons. The van der Waals surface area contributed by atoms with Crippen LogP contribution in [0, 0.1) is 0 Å². The average Bonchev–Trinajstić information content (AvgIpc) is 3.18. The molecule has 136 valence electrons. The lowest BCUT2D eigenvalue weighted by Gasteiger charge is -2.22. The Morgan fingerprint density at radius 1 is 1.31 bits per heavy atom. The number of hydrogen-bond acceptors (Lipinski definition) is 3. The number of carbonyl (C=O) groups excluding carboxylic acids is 1. The number of hydrogen-bond donors (Lipinski definition) is 1. The van der Waals surface area contributed by atoms with Crippen LogP contribution in [0.4, 0.5) is 0 Å². The van der Waals surface area contributed by atoms with Crippen LogP contribution in [-0.2, 0) is 12.1 Å². The summed E-state index contributed by atoms with van der Waals surface area (Å²) in [6.45, 7) is 6.57. The molecule has 1 fully saturated rings. The van der Waals surface area contributed by atoms with E-state index in [1.54, 1.807) is 0 Å². The normalized spacial score (nSPS) is 14.8. The Labute approximate surface area is 160 Å². The zero-order valence-corrected chi connectivity index (χ0v) is 16.7. The number of nitrogens with zero attached hydrogens (tertiary/aromatic N) is 4. The molecule has 1 aliphatic rings. The lowest BCUT2D eigenvalue weighted by atomic mass is 10.1. The summed E-state index contributed by atoms with van der Waals surface area (Å²) in [6.07, 6.45) is 6.21.